The van der Waals surface area contributed by atoms with Gasteiger partial charge >= 0.3 is 5.63 Å². The number of rotatable bonds is 3. The summed E-state index contributed by atoms with van der Waals surface area (Å²) in [6, 6.07) is 15.8. The van der Waals surface area contributed by atoms with Crippen LogP contribution in [0.25, 0.3) is 28.0 Å². The molecular formula is C27H17N5O5. The maximum absolute atomic E-state index is 13.4. The zero-order chi connectivity index (χ0) is 25.1. The molecule has 4 aromatic heterocycles. The van der Waals surface area contributed by atoms with Crippen LogP contribution in [0, 0.1) is 0 Å². The number of methoxy groups -OCH3 is 1. The van der Waals surface area contributed by atoms with Gasteiger partial charge in [-0.25, -0.2) is 19.3 Å². The lowest BCUT2D eigenvalue weighted by Gasteiger charge is -2.27. The molecule has 0 amide bonds. The highest BCUT2D eigenvalue weighted by Crippen LogP contribution is 2.48. The number of fused-ring (bicyclic) bond motifs is 6. The number of hydrogen-bond donors (Lipinski definition) is 1. The van der Waals surface area contributed by atoms with Crippen LogP contribution in [0.3, 0.4) is 0 Å². The molecule has 1 atom stereocenters. The van der Waals surface area contributed by atoms with Gasteiger partial charge in [0.1, 0.15) is 11.9 Å². The lowest BCUT2D eigenvalue weighted by molar-refractivity contribution is 0.373. The zero-order valence-electron chi connectivity index (χ0n) is 19.3. The Labute approximate surface area is 208 Å². The lowest BCUT2D eigenvalue weighted by atomic mass is 9.85. The van der Waals surface area contributed by atoms with E-state index in [9.17, 15) is 9.90 Å². The number of benzene rings is 2. The molecule has 0 saturated carbocycles. The van der Waals surface area contributed by atoms with E-state index in [1.807, 2.05) is 18.2 Å². The minimum Gasteiger partial charge on any atom is -0.504 e. The van der Waals surface area contributed by atoms with E-state index in [-0.39, 0.29) is 5.75 Å². The fourth-order valence-corrected chi connectivity index (χ4v) is 4.76. The van der Waals surface area contributed by atoms with E-state index in [1.54, 1.807) is 42.7 Å². The summed E-state index contributed by atoms with van der Waals surface area (Å²) in [6.07, 6.45) is 4.87. The summed E-state index contributed by atoms with van der Waals surface area (Å²) in [5.74, 6) is 0.743. The number of nitrogens with zero attached hydrogens (tertiary/aromatic N) is 5. The van der Waals surface area contributed by atoms with Crippen molar-refractivity contribution in [1.82, 2.24) is 24.6 Å². The van der Waals surface area contributed by atoms with Gasteiger partial charge in [-0.2, -0.15) is 0 Å². The van der Waals surface area contributed by atoms with E-state index in [0.29, 0.717) is 56.5 Å². The molecule has 0 bridgehead atoms. The average molecular weight is 491 g/mol. The number of pyridine rings is 1. The van der Waals surface area contributed by atoms with Crippen LogP contribution in [0.2, 0.25) is 0 Å². The van der Waals surface area contributed by atoms with Crippen LogP contribution in [-0.4, -0.2) is 36.8 Å². The Balaban J connectivity index is 1.51. The summed E-state index contributed by atoms with van der Waals surface area (Å²) in [5.41, 5.74) is 2.57. The SMILES string of the molecule is COc1ccc(-c2nc3c4c(ncn3n2)Oc2c(c(=O)oc3ccccc23)C4c2cccnc2)cc1O. The topological polar surface area (TPSA) is 125 Å². The summed E-state index contributed by atoms with van der Waals surface area (Å²) < 4.78 is 18.6. The number of phenolic OH excluding ortho intramolecular Hbond substituents is 1. The van der Waals surface area contributed by atoms with Gasteiger partial charge in [-0.3, -0.25) is 4.98 Å². The molecule has 7 rings (SSSR count). The molecule has 0 aliphatic carbocycles. The van der Waals surface area contributed by atoms with Crippen molar-refractivity contribution >= 4 is 16.6 Å². The predicted molar refractivity (Wildman–Crippen MR) is 132 cm³/mol. The van der Waals surface area contributed by atoms with Crippen molar-refractivity contribution in [3.63, 3.8) is 0 Å². The van der Waals surface area contributed by atoms with Gasteiger partial charge < -0.3 is 19.0 Å². The van der Waals surface area contributed by atoms with E-state index in [1.165, 1.54) is 24.0 Å². The summed E-state index contributed by atoms with van der Waals surface area (Å²) in [7, 11) is 1.48. The number of para-hydroxylation sites is 1. The maximum atomic E-state index is 13.4. The van der Waals surface area contributed by atoms with E-state index >= 15 is 0 Å². The normalized spacial score (nSPS) is 14.2. The van der Waals surface area contributed by atoms with Gasteiger partial charge in [-0.1, -0.05) is 18.2 Å². The number of ether oxygens (including phenoxy) is 2. The molecule has 6 aromatic rings. The second-order valence-electron chi connectivity index (χ2n) is 8.50. The number of aromatic hydroxyl groups is 1. The fourth-order valence-electron chi connectivity index (χ4n) is 4.76. The molecule has 10 heteroatoms. The third-order valence-electron chi connectivity index (χ3n) is 6.42. The molecule has 180 valence electrons. The van der Waals surface area contributed by atoms with Crippen molar-refractivity contribution in [1.29, 1.82) is 0 Å². The number of phenols is 1. The number of hydrogen-bond acceptors (Lipinski definition) is 9. The third-order valence-corrected chi connectivity index (χ3v) is 6.42. The van der Waals surface area contributed by atoms with Crippen LogP contribution < -0.4 is 15.1 Å². The molecule has 10 nitrogen and oxygen atoms in total. The molecule has 0 fully saturated rings. The van der Waals surface area contributed by atoms with Crippen molar-refractivity contribution in [3.8, 4) is 34.5 Å². The van der Waals surface area contributed by atoms with Crippen LogP contribution in [0.1, 0.15) is 22.6 Å². The van der Waals surface area contributed by atoms with Crippen molar-refractivity contribution in [2.24, 2.45) is 0 Å². The second kappa shape index (κ2) is 7.89. The molecule has 0 spiro atoms. The first-order valence-corrected chi connectivity index (χ1v) is 11.4. The highest BCUT2D eigenvalue weighted by Gasteiger charge is 2.37. The van der Waals surface area contributed by atoms with E-state index in [2.05, 4.69) is 15.1 Å². The fraction of sp³-hybridized carbons (Fsp3) is 0.0741. The Hall–Kier alpha value is -5.25. The predicted octanol–water partition coefficient (Wildman–Crippen LogP) is 4.29. The van der Waals surface area contributed by atoms with Crippen LogP contribution in [0.5, 0.6) is 23.1 Å². The standard InChI is InChI=1S/C27H17N5O5/c1-35-19-9-8-14(11-17(19)33)24-30-25-22-20(15-5-4-10-28-12-15)21-23(37-26(22)29-13-32(25)31-24)16-6-2-3-7-18(16)36-27(21)34/h2-13,20,33H,1H3. The second-order valence-corrected chi connectivity index (χ2v) is 8.50. The molecule has 2 aromatic carbocycles. The van der Waals surface area contributed by atoms with Gasteiger partial charge in [0.15, 0.2) is 28.7 Å². The van der Waals surface area contributed by atoms with Crippen LogP contribution in [-0.2, 0) is 0 Å². The molecule has 0 saturated heterocycles. The van der Waals surface area contributed by atoms with Crippen LogP contribution >= 0.6 is 0 Å². The molecule has 0 radical (unpaired) electrons. The van der Waals surface area contributed by atoms with E-state index in [0.717, 1.165) is 5.56 Å². The van der Waals surface area contributed by atoms with Crippen molar-refractivity contribution in [2.45, 2.75) is 5.92 Å². The first-order valence-electron chi connectivity index (χ1n) is 11.4. The quantitative estimate of drug-likeness (QED) is 0.360. The van der Waals surface area contributed by atoms with Crippen LogP contribution in [0.4, 0.5) is 0 Å². The smallest absolute Gasteiger partial charge is 0.344 e. The zero-order valence-corrected chi connectivity index (χ0v) is 19.3. The number of aromatic nitrogens is 5. The Morgan fingerprint density at radius 1 is 1.08 bits per heavy atom. The molecule has 37 heavy (non-hydrogen) atoms. The molecule has 1 aliphatic heterocycles. The molecule has 5 heterocycles. The van der Waals surface area contributed by atoms with Gasteiger partial charge in [0.25, 0.3) is 0 Å². The van der Waals surface area contributed by atoms with Crippen molar-refractivity contribution in [2.75, 3.05) is 7.11 Å². The van der Waals surface area contributed by atoms with Gasteiger partial charge in [0.2, 0.25) is 5.88 Å². The van der Waals surface area contributed by atoms with Crippen LogP contribution in [0.15, 0.2) is 82.5 Å². The van der Waals surface area contributed by atoms with Crippen molar-refractivity contribution < 1.29 is 19.0 Å². The Kier molecular flexibility index (Phi) is 4.49. The lowest BCUT2D eigenvalue weighted by Crippen LogP contribution is -2.22. The first-order chi connectivity index (χ1) is 18.1. The summed E-state index contributed by atoms with van der Waals surface area (Å²) in [6.45, 7) is 0. The van der Waals surface area contributed by atoms with Gasteiger partial charge in [0, 0.05) is 18.0 Å². The summed E-state index contributed by atoms with van der Waals surface area (Å²) in [4.78, 5) is 26.9. The average Bonchev–Trinajstić information content (AvgIpc) is 3.37. The largest absolute Gasteiger partial charge is 0.504 e. The molecular weight excluding hydrogens is 474 g/mol. The van der Waals surface area contributed by atoms with E-state index < -0.39 is 11.5 Å². The maximum Gasteiger partial charge on any atom is 0.344 e. The van der Waals surface area contributed by atoms with Gasteiger partial charge in [-0.05, 0) is 42.0 Å². The monoisotopic (exact) mass is 491 g/mol. The molecule has 1 unspecified atom stereocenters. The highest BCUT2D eigenvalue weighted by molar-refractivity contribution is 5.87. The van der Waals surface area contributed by atoms with Gasteiger partial charge in [-0.15, -0.1) is 5.10 Å². The van der Waals surface area contributed by atoms with E-state index in [4.69, 9.17) is 18.9 Å². The molecule has 1 N–H and O–H groups in total. The third kappa shape index (κ3) is 3.16. The first kappa shape index (κ1) is 21.1. The highest BCUT2D eigenvalue weighted by atomic mass is 16.5. The van der Waals surface area contributed by atoms with Gasteiger partial charge in [0.05, 0.1) is 29.5 Å². The summed E-state index contributed by atoms with van der Waals surface area (Å²) >= 11 is 0. The molecule has 1 aliphatic rings. The Morgan fingerprint density at radius 2 is 1.97 bits per heavy atom. The Morgan fingerprint density at radius 3 is 2.78 bits per heavy atom. The minimum atomic E-state index is -0.620. The minimum absolute atomic E-state index is 0.0333. The Bertz CT molecular complexity index is 1900. The summed E-state index contributed by atoms with van der Waals surface area (Å²) in [5, 5.41) is 15.5. The van der Waals surface area contributed by atoms with Crippen molar-refractivity contribution in [3.05, 3.63) is 100 Å².